The summed E-state index contributed by atoms with van der Waals surface area (Å²) in [6.07, 6.45) is 0. The van der Waals surface area contributed by atoms with Crippen molar-refractivity contribution in [3.63, 3.8) is 0 Å². The van der Waals surface area contributed by atoms with Gasteiger partial charge in [-0.25, -0.2) is 4.57 Å². The van der Waals surface area contributed by atoms with Crippen LogP contribution in [0.5, 0.6) is 5.88 Å². The van der Waals surface area contributed by atoms with Gasteiger partial charge in [0.1, 0.15) is 0 Å². The van der Waals surface area contributed by atoms with Crippen LogP contribution in [-0.2, 0) is 15.6 Å². The molecule has 1 aromatic rings. The summed E-state index contributed by atoms with van der Waals surface area (Å²) in [4.78, 5) is 28.2. The van der Waals surface area contributed by atoms with Gasteiger partial charge in [-0.15, -0.1) is 0 Å². The fourth-order valence-corrected chi connectivity index (χ4v) is 1.50. The largest absolute Gasteiger partial charge is 0.494 e. The molecular weight excluding hydrogens is 237 g/mol. The van der Waals surface area contributed by atoms with Crippen molar-refractivity contribution in [3.8, 4) is 5.88 Å². The highest BCUT2D eigenvalue weighted by Crippen LogP contribution is 2.35. The second-order valence-electron chi connectivity index (χ2n) is 3.20. The van der Waals surface area contributed by atoms with E-state index < -0.39 is 13.4 Å². The maximum absolute atomic E-state index is 11.4. The number of phosphoric acid groups is 1. The van der Waals surface area contributed by atoms with Crippen molar-refractivity contribution < 1.29 is 24.0 Å². The lowest BCUT2D eigenvalue weighted by atomic mass is 10.3. The van der Waals surface area contributed by atoms with E-state index >= 15 is 0 Å². The summed E-state index contributed by atoms with van der Waals surface area (Å²) in [6.45, 7) is 1.16. The molecule has 0 aromatic carbocycles. The third-order valence-electron chi connectivity index (χ3n) is 1.82. The van der Waals surface area contributed by atoms with Crippen molar-refractivity contribution in [1.29, 1.82) is 0 Å². The van der Waals surface area contributed by atoms with Crippen molar-refractivity contribution in [2.24, 2.45) is 0 Å². The molecule has 1 aromatic heterocycles. The first-order valence-corrected chi connectivity index (χ1v) is 5.93. The summed E-state index contributed by atoms with van der Waals surface area (Å²) in [5.41, 5.74) is 0.154. The van der Waals surface area contributed by atoms with E-state index in [0.717, 1.165) is 4.57 Å². The average Bonchev–Trinajstić information content (AvgIpc) is 2.07. The number of hydrogen-bond acceptors (Lipinski definition) is 4. The molecule has 0 aliphatic rings. The number of rotatable bonds is 4. The van der Waals surface area contributed by atoms with Gasteiger partial charge in [0.15, 0.2) is 5.88 Å². The average molecular weight is 249 g/mol. The number of phosphoric ester groups is 1. The number of hydrogen-bond donors (Lipinski definition) is 3. The minimum Gasteiger partial charge on any atom is -0.494 e. The molecule has 0 aliphatic carbocycles. The molecule has 0 spiro atoms. The van der Waals surface area contributed by atoms with Crippen LogP contribution in [-0.4, -0.2) is 26.1 Å². The van der Waals surface area contributed by atoms with E-state index in [1.165, 1.54) is 12.1 Å². The normalized spacial score (nSPS) is 11.7. The first-order valence-electron chi connectivity index (χ1n) is 4.40. The van der Waals surface area contributed by atoms with Gasteiger partial charge in [-0.3, -0.25) is 13.9 Å². The number of aromatic nitrogens is 1. The molecule has 0 bridgehead atoms. The maximum atomic E-state index is 11.4. The third-order valence-corrected chi connectivity index (χ3v) is 2.34. The molecular formula is C8H12NO6P. The SMILES string of the molecule is Cc1cc(O)n(CCOP(=O)(O)O)c(=O)c1. The zero-order valence-corrected chi connectivity index (χ0v) is 9.42. The van der Waals surface area contributed by atoms with Crippen molar-refractivity contribution >= 4 is 7.82 Å². The Bertz CT molecular complexity index is 476. The molecule has 0 atom stereocenters. The second-order valence-corrected chi connectivity index (χ2v) is 4.44. The molecule has 0 aliphatic heterocycles. The Morgan fingerprint density at radius 2 is 2.06 bits per heavy atom. The van der Waals surface area contributed by atoms with E-state index in [4.69, 9.17) is 9.79 Å². The Kier molecular flexibility index (Phi) is 3.88. The molecule has 0 saturated heterocycles. The van der Waals surface area contributed by atoms with Crippen LogP contribution < -0.4 is 5.56 Å². The van der Waals surface area contributed by atoms with Crippen LogP contribution in [0.2, 0.25) is 0 Å². The number of aromatic hydroxyl groups is 1. The minimum atomic E-state index is -4.54. The Morgan fingerprint density at radius 3 is 2.56 bits per heavy atom. The summed E-state index contributed by atoms with van der Waals surface area (Å²) >= 11 is 0. The first kappa shape index (κ1) is 12.9. The van der Waals surface area contributed by atoms with Gasteiger partial charge in [0, 0.05) is 12.1 Å². The van der Waals surface area contributed by atoms with Gasteiger partial charge < -0.3 is 14.9 Å². The summed E-state index contributed by atoms with van der Waals surface area (Å²) in [5, 5.41) is 9.41. The van der Waals surface area contributed by atoms with E-state index in [2.05, 4.69) is 4.52 Å². The lowest BCUT2D eigenvalue weighted by Gasteiger charge is -2.09. The molecule has 0 radical (unpaired) electrons. The molecule has 1 heterocycles. The number of nitrogens with zero attached hydrogens (tertiary/aromatic N) is 1. The zero-order valence-electron chi connectivity index (χ0n) is 8.53. The predicted octanol–water partition coefficient (Wildman–Crippen LogP) is -0.0284. The highest BCUT2D eigenvalue weighted by Gasteiger charge is 2.13. The molecule has 16 heavy (non-hydrogen) atoms. The summed E-state index contributed by atoms with van der Waals surface area (Å²) in [6, 6.07) is 2.68. The van der Waals surface area contributed by atoms with Gasteiger partial charge in [0.25, 0.3) is 5.56 Å². The van der Waals surface area contributed by atoms with Gasteiger partial charge in [-0.2, -0.15) is 0 Å². The smallest absolute Gasteiger partial charge is 0.469 e. The van der Waals surface area contributed by atoms with Crippen LogP contribution in [0.15, 0.2) is 16.9 Å². The quantitative estimate of drug-likeness (QED) is 0.646. The van der Waals surface area contributed by atoms with Crippen LogP contribution in [0.25, 0.3) is 0 Å². The molecule has 90 valence electrons. The highest BCUT2D eigenvalue weighted by molar-refractivity contribution is 7.46. The van der Waals surface area contributed by atoms with Crippen molar-refractivity contribution in [3.05, 3.63) is 28.0 Å². The fraction of sp³-hybridized carbons (Fsp3) is 0.375. The third kappa shape index (κ3) is 3.79. The van der Waals surface area contributed by atoms with Crippen molar-refractivity contribution in [1.82, 2.24) is 4.57 Å². The summed E-state index contributed by atoms with van der Waals surface area (Å²) < 4.78 is 15.5. The molecule has 0 fully saturated rings. The zero-order chi connectivity index (χ0) is 12.3. The van der Waals surface area contributed by atoms with E-state index in [1.807, 2.05) is 0 Å². The van der Waals surface area contributed by atoms with Gasteiger partial charge >= 0.3 is 7.82 Å². The lowest BCUT2D eigenvalue weighted by molar-refractivity contribution is 0.187. The molecule has 0 amide bonds. The van der Waals surface area contributed by atoms with Crippen LogP contribution in [0, 0.1) is 6.92 Å². The number of pyridine rings is 1. The topological polar surface area (TPSA) is 109 Å². The monoisotopic (exact) mass is 249 g/mol. The standard InChI is InChI=1S/C8H12NO6P/c1-6-4-7(10)9(8(11)5-6)2-3-15-16(12,13)14/h4-5,10H,2-3H2,1H3,(H2,12,13,14). The van der Waals surface area contributed by atoms with Gasteiger partial charge in [-0.05, 0) is 12.5 Å². The first-order chi connectivity index (χ1) is 7.29. The highest BCUT2D eigenvalue weighted by atomic mass is 31.2. The van der Waals surface area contributed by atoms with E-state index in [1.54, 1.807) is 6.92 Å². The molecule has 0 unspecified atom stereocenters. The second kappa shape index (κ2) is 4.80. The van der Waals surface area contributed by atoms with E-state index in [-0.39, 0.29) is 19.0 Å². The van der Waals surface area contributed by atoms with E-state index in [9.17, 15) is 14.5 Å². The lowest BCUT2D eigenvalue weighted by Crippen LogP contribution is -2.21. The van der Waals surface area contributed by atoms with Gasteiger partial charge in [-0.1, -0.05) is 0 Å². The molecule has 1 rings (SSSR count). The summed E-state index contributed by atoms with van der Waals surface area (Å²) in [5.74, 6) is -0.265. The van der Waals surface area contributed by atoms with Crippen LogP contribution in [0.3, 0.4) is 0 Å². The Hall–Kier alpha value is -1.14. The van der Waals surface area contributed by atoms with Crippen LogP contribution in [0.4, 0.5) is 0 Å². The molecule has 8 heteroatoms. The predicted molar refractivity (Wildman–Crippen MR) is 55.1 cm³/mol. The molecule has 7 nitrogen and oxygen atoms in total. The van der Waals surface area contributed by atoms with Gasteiger partial charge in [0.2, 0.25) is 0 Å². The van der Waals surface area contributed by atoms with Crippen LogP contribution in [0.1, 0.15) is 5.56 Å². The van der Waals surface area contributed by atoms with Crippen LogP contribution >= 0.6 is 7.82 Å². The Labute approximate surface area is 91.2 Å². The van der Waals surface area contributed by atoms with Crippen molar-refractivity contribution in [2.75, 3.05) is 6.61 Å². The van der Waals surface area contributed by atoms with Gasteiger partial charge in [0.05, 0.1) is 13.2 Å². The minimum absolute atomic E-state index is 0.129. The molecule has 0 saturated carbocycles. The van der Waals surface area contributed by atoms with Crippen molar-refractivity contribution in [2.45, 2.75) is 13.5 Å². The van der Waals surface area contributed by atoms with E-state index in [0.29, 0.717) is 5.56 Å². The fourth-order valence-electron chi connectivity index (χ4n) is 1.18. The Balaban J connectivity index is 2.75. The maximum Gasteiger partial charge on any atom is 0.469 e. The molecule has 3 N–H and O–H groups in total. The number of aryl methyl sites for hydroxylation is 1. The summed E-state index contributed by atoms with van der Waals surface area (Å²) in [7, 11) is -4.54. The Morgan fingerprint density at radius 1 is 1.44 bits per heavy atom.